The van der Waals surface area contributed by atoms with E-state index in [-0.39, 0.29) is 12.5 Å². The molecule has 3 N–H and O–H groups in total. The Kier molecular flexibility index (Phi) is 7.64. The number of carboxylic acid groups (broad SMARTS) is 1. The first-order chi connectivity index (χ1) is 8.68. The summed E-state index contributed by atoms with van der Waals surface area (Å²) in [6, 6.07) is -0.110. The molecule has 104 valence electrons. The van der Waals surface area contributed by atoms with Gasteiger partial charge < -0.3 is 15.7 Å². The van der Waals surface area contributed by atoms with Crippen molar-refractivity contribution in [2.45, 2.75) is 43.8 Å². The third-order valence-corrected chi connectivity index (χ3v) is 4.27. The molecule has 0 aromatic heterocycles. The van der Waals surface area contributed by atoms with E-state index in [1.165, 1.54) is 18.6 Å². The summed E-state index contributed by atoms with van der Waals surface area (Å²) in [5.74, 6) is 0.451. The normalized spacial score (nSPS) is 18.6. The van der Waals surface area contributed by atoms with Gasteiger partial charge in [-0.1, -0.05) is 6.42 Å². The number of hydrogen-bond acceptors (Lipinski definition) is 3. The number of rotatable bonds is 8. The van der Waals surface area contributed by atoms with Crippen molar-refractivity contribution in [3.63, 3.8) is 0 Å². The van der Waals surface area contributed by atoms with Crippen molar-refractivity contribution in [3.8, 4) is 0 Å². The highest BCUT2D eigenvalue weighted by Gasteiger charge is 2.15. The van der Waals surface area contributed by atoms with Gasteiger partial charge in [0.05, 0.1) is 0 Å². The quantitative estimate of drug-likeness (QED) is 0.590. The topological polar surface area (TPSA) is 78.4 Å². The minimum atomic E-state index is -0.755. The number of nitrogens with one attached hydrogen (secondary N) is 2. The largest absolute Gasteiger partial charge is 0.481 e. The minimum absolute atomic E-state index is 0.110. The predicted molar refractivity (Wildman–Crippen MR) is 73.0 cm³/mol. The molecular formula is C12H22N2O3S. The standard InChI is InChI=1S/C12H22N2O3S/c15-11(16)6-2-1-3-7-13-12(17)14-9-10-5-4-8-18-10/h10H,1-9H2,(H,15,16)(H2,13,14,17). The Morgan fingerprint density at radius 3 is 2.72 bits per heavy atom. The van der Waals surface area contributed by atoms with E-state index >= 15 is 0 Å². The van der Waals surface area contributed by atoms with Crippen molar-refractivity contribution in [2.24, 2.45) is 0 Å². The van der Waals surface area contributed by atoms with Crippen molar-refractivity contribution in [1.29, 1.82) is 0 Å². The first-order valence-electron chi connectivity index (χ1n) is 6.53. The van der Waals surface area contributed by atoms with E-state index in [2.05, 4.69) is 10.6 Å². The molecule has 1 atom stereocenters. The molecule has 1 unspecified atom stereocenters. The first-order valence-corrected chi connectivity index (χ1v) is 7.58. The van der Waals surface area contributed by atoms with E-state index in [9.17, 15) is 9.59 Å². The number of aliphatic carboxylic acids is 1. The van der Waals surface area contributed by atoms with E-state index in [4.69, 9.17) is 5.11 Å². The lowest BCUT2D eigenvalue weighted by Crippen LogP contribution is -2.39. The Hall–Kier alpha value is -0.910. The van der Waals surface area contributed by atoms with Crippen LogP contribution >= 0.6 is 11.8 Å². The number of carbonyl (C=O) groups excluding carboxylic acids is 1. The SMILES string of the molecule is O=C(O)CCCCCNC(=O)NCC1CCCS1. The van der Waals surface area contributed by atoms with Crippen LogP contribution in [0.5, 0.6) is 0 Å². The van der Waals surface area contributed by atoms with Gasteiger partial charge in [0, 0.05) is 24.8 Å². The van der Waals surface area contributed by atoms with Crippen molar-refractivity contribution in [2.75, 3.05) is 18.8 Å². The lowest BCUT2D eigenvalue weighted by atomic mass is 10.2. The van der Waals surface area contributed by atoms with Gasteiger partial charge in [-0.15, -0.1) is 0 Å². The van der Waals surface area contributed by atoms with Crippen LogP contribution in [0.2, 0.25) is 0 Å². The van der Waals surface area contributed by atoms with E-state index in [0.717, 1.165) is 19.4 Å². The van der Waals surface area contributed by atoms with Gasteiger partial charge in [0.2, 0.25) is 0 Å². The second-order valence-electron chi connectivity index (χ2n) is 4.48. The maximum Gasteiger partial charge on any atom is 0.314 e. The van der Waals surface area contributed by atoms with Gasteiger partial charge >= 0.3 is 12.0 Å². The maximum atomic E-state index is 11.4. The van der Waals surface area contributed by atoms with Crippen LogP contribution in [-0.2, 0) is 4.79 Å². The molecule has 0 aliphatic carbocycles. The number of carboxylic acids is 1. The van der Waals surface area contributed by atoms with Gasteiger partial charge in [-0.25, -0.2) is 4.79 Å². The second-order valence-corrected chi connectivity index (χ2v) is 5.88. The molecule has 1 aliphatic rings. The second kappa shape index (κ2) is 9.08. The van der Waals surface area contributed by atoms with Crippen LogP contribution < -0.4 is 10.6 Å². The van der Waals surface area contributed by atoms with Gasteiger partial charge in [0.25, 0.3) is 0 Å². The molecule has 1 saturated heterocycles. The minimum Gasteiger partial charge on any atom is -0.481 e. The highest BCUT2D eigenvalue weighted by molar-refractivity contribution is 8.00. The lowest BCUT2D eigenvalue weighted by molar-refractivity contribution is -0.137. The monoisotopic (exact) mass is 274 g/mol. The molecule has 0 bridgehead atoms. The lowest BCUT2D eigenvalue weighted by Gasteiger charge is -2.11. The van der Waals surface area contributed by atoms with Crippen LogP contribution in [0.4, 0.5) is 4.79 Å². The summed E-state index contributed by atoms with van der Waals surface area (Å²) < 4.78 is 0. The molecule has 0 aromatic rings. The smallest absolute Gasteiger partial charge is 0.314 e. The number of amides is 2. The fraction of sp³-hybridized carbons (Fsp3) is 0.833. The summed E-state index contributed by atoms with van der Waals surface area (Å²) >= 11 is 1.92. The fourth-order valence-corrected chi connectivity index (χ4v) is 3.06. The zero-order valence-electron chi connectivity index (χ0n) is 10.6. The van der Waals surface area contributed by atoms with Crippen LogP contribution in [-0.4, -0.2) is 41.2 Å². The van der Waals surface area contributed by atoms with E-state index in [1.54, 1.807) is 0 Å². The van der Waals surface area contributed by atoms with Crippen LogP contribution in [0.15, 0.2) is 0 Å². The molecular weight excluding hydrogens is 252 g/mol. The molecule has 5 nitrogen and oxygen atoms in total. The molecule has 1 aliphatic heterocycles. The predicted octanol–water partition coefficient (Wildman–Crippen LogP) is 1.83. The van der Waals surface area contributed by atoms with E-state index < -0.39 is 5.97 Å². The Bertz CT molecular complexity index is 268. The third-order valence-electron chi connectivity index (χ3n) is 2.87. The molecule has 6 heteroatoms. The highest BCUT2D eigenvalue weighted by atomic mass is 32.2. The molecule has 2 amide bonds. The molecule has 0 saturated carbocycles. The van der Waals surface area contributed by atoms with Crippen molar-refractivity contribution in [1.82, 2.24) is 10.6 Å². The van der Waals surface area contributed by atoms with Crippen LogP contribution in [0.3, 0.4) is 0 Å². The summed E-state index contributed by atoms with van der Waals surface area (Å²) in [5.41, 5.74) is 0. The van der Waals surface area contributed by atoms with E-state index in [1.807, 2.05) is 11.8 Å². The average molecular weight is 274 g/mol. The molecule has 0 aromatic carbocycles. The Balaban J connectivity index is 1.88. The number of unbranched alkanes of at least 4 members (excludes halogenated alkanes) is 2. The summed E-state index contributed by atoms with van der Waals surface area (Å²) in [4.78, 5) is 21.7. The molecule has 1 fully saturated rings. The van der Waals surface area contributed by atoms with Crippen molar-refractivity contribution in [3.05, 3.63) is 0 Å². The first kappa shape index (κ1) is 15.1. The highest BCUT2D eigenvalue weighted by Crippen LogP contribution is 2.25. The van der Waals surface area contributed by atoms with E-state index in [0.29, 0.717) is 18.2 Å². The van der Waals surface area contributed by atoms with Crippen molar-refractivity contribution >= 4 is 23.8 Å². The third kappa shape index (κ3) is 7.42. The fourth-order valence-electron chi connectivity index (χ4n) is 1.85. The maximum absolute atomic E-state index is 11.4. The van der Waals surface area contributed by atoms with Crippen LogP contribution in [0.25, 0.3) is 0 Å². The van der Waals surface area contributed by atoms with Gasteiger partial charge in [0.15, 0.2) is 0 Å². The number of thioether (sulfide) groups is 1. The summed E-state index contributed by atoms with van der Waals surface area (Å²) in [5, 5.41) is 14.7. The Morgan fingerprint density at radius 1 is 1.22 bits per heavy atom. The zero-order chi connectivity index (χ0) is 13.2. The number of hydrogen-bond donors (Lipinski definition) is 3. The van der Waals surface area contributed by atoms with Gasteiger partial charge in [0.1, 0.15) is 0 Å². The van der Waals surface area contributed by atoms with Crippen LogP contribution in [0.1, 0.15) is 38.5 Å². The van der Waals surface area contributed by atoms with Gasteiger partial charge in [-0.05, 0) is 31.4 Å². The Morgan fingerprint density at radius 2 is 2.06 bits per heavy atom. The number of urea groups is 1. The van der Waals surface area contributed by atoms with Gasteiger partial charge in [-0.3, -0.25) is 4.79 Å². The molecule has 1 rings (SSSR count). The molecule has 0 radical (unpaired) electrons. The van der Waals surface area contributed by atoms with Gasteiger partial charge in [-0.2, -0.15) is 11.8 Å². The number of carbonyl (C=O) groups is 2. The Labute approximate surface area is 112 Å². The zero-order valence-corrected chi connectivity index (χ0v) is 11.4. The summed E-state index contributed by atoms with van der Waals surface area (Å²) in [7, 11) is 0. The molecule has 1 heterocycles. The average Bonchev–Trinajstić information content (AvgIpc) is 2.83. The summed E-state index contributed by atoms with van der Waals surface area (Å²) in [6.45, 7) is 1.36. The van der Waals surface area contributed by atoms with Crippen LogP contribution in [0, 0.1) is 0 Å². The van der Waals surface area contributed by atoms with Crippen molar-refractivity contribution < 1.29 is 14.7 Å². The summed E-state index contributed by atoms with van der Waals surface area (Å²) in [6.07, 6.45) is 5.01. The molecule has 0 spiro atoms. The molecule has 18 heavy (non-hydrogen) atoms.